The van der Waals surface area contributed by atoms with Gasteiger partial charge in [0.25, 0.3) is 0 Å². The average molecular weight is 262 g/mol. The molecule has 0 aromatic heterocycles. The number of amides is 1. The van der Waals surface area contributed by atoms with Crippen LogP contribution in [0.2, 0.25) is 0 Å². The molecule has 0 radical (unpaired) electrons. The number of hydrogen-bond acceptors (Lipinski definition) is 4. The summed E-state index contributed by atoms with van der Waals surface area (Å²) in [6, 6.07) is 0. The Bertz CT molecular complexity index is 370. The van der Waals surface area contributed by atoms with E-state index < -0.39 is 14.6 Å². The van der Waals surface area contributed by atoms with Gasteiger partial charge in [-0.3, -0.25) is 4.79 Å². The topological polar surface area (TPSA) is 66.5 Å². The molecule has 0 unspecified atom stereocenters. The van der Waals surface area contributed by atoms with Crippen LogP contribution in [0.15, 0.2) is 0 Å². The highest BCUT2D eigenvalue weighted by molar-refractivity contribution is 7.92. The molecule has 1 fully saturated rings. The minimum Gasteiger partial charge on any atom is -0.342 e. The van der Waals surface area contributed by atoms with Crippen LogP contribution < -0.4 is 5.32 Å². The Morgan fingerprint density at radius 2 is 1.82 bits per heavy atom. The van der Waals surface area contributed by atoms with Gasteiger partial charge in [0.05, 0.1) is 11.3 Å². The third kappa shape index (κ3) is 3.96. The van der Waals surface area contributed by atoms with Crippen LogP contribution in [0.3, 0.4) is 0 Å². The van der Waals surface area contributed by atoms with Crippen LogP contribution in [0.1, 0.15) is 26.7 Å². The molecule has 0 aromatic carbocycles. The monoisotopic (exact) mass is 262 g/mol. The van der Waals surface area contributed by atoms with Crippen molar-refractivity contribution in [3.05, 3.63) is 0 Å². The predicted molar refractivity (Wildman–Crippen MR) is 67.6 cm³/mol. The molecule has 1 aliphatic rings. The normalized spacial score (nSPS) is 17.5. The number of sulfone groups is 1. The number of nitrogens with one attached hydrogen (secondary N) is 1. The van der Waals surface area contributed by atoms with Crippen molar-refractivity contribution in [2.24, 2.45) is 0 Å². The van der Waals surface area contributed by atoms with E-state index in [0.717, 1.165) is 25.9 Å². The van der Waals surface area contributed by atoms with Crippen LogP contribution >= 0.6 is 0 Å². The lowest BCUT2D eigenvalue weighted by atomic mass is 10.2. The van der Waals surface area contributed by atoms with E-state index in [1.165, 1.54) is 6.26 Å². The fourth-order valence-corrected chi connectivity index (χ4v) is 2.04. The zero-order chi connectivity index (χ0) is 13.1. The molecule has 0 spiro atoms. The van der Waals surface area contributed by atoms with E-state index in [0.29, 0.717) is 6.54 Å². The van der Waals surface area contributed by atoms with Crippen molar-refractivity contribution >= 4 is 15.7 Å². The van der Waals surface area contributed by atoms with Crippen LogP contribution in [-0.4, -0.2) is 56.4 Å². The first-order valence-corrected chi connectivity index (χ1v) is 7.81. The van der Waals surface area contributed by atoms with Crippen LogP contribution in [0.5, 0.6) is 0 Å². The van der Waals surface area contributed by atoms with Crippen molar-refractivity contribution < 1.29 is 13.2 Å². The highest BCUT2D eigenvalue weighted by Crippen LogP contribution is 2.13. The first kappa shape index (κ1) is 14.4. The Kier molecular flexibility index (Phi) is 4.55. The second-order valence-corrected chi connectivity index (χ2v) is 7.87. The van der Waals surface area contributed by atoms with Gasteiger partial charge in [-0.25, -0.2) is 8.42 Å². The molecule has 1 heterocycles. The molecule has 100 valence electrons. The number of carbonyl (C=O) groups excluding carboxylic acids is 1. The molecule has 1 rings (SSSR count). The molecule has 17 heavy (non-hydrogen) atoms. The number of carbonyl (C=O) groups is 1. The summed E-state index contributed by atoms with van der Waals surface area (Å²) in [5, 5.41) is 2.94. The summed E-state index contributed by atoms with van der Waals surface area (Å²) in [5.74, 6) is 0.0619. The van der Waals surface area contributed by atoms with E-state index in [1.807, 2.05) is 4.90 Å². The molecule has 5 nitrogen and oxygen atoms in total. The molecular weight excluding hydrogens is 240 g/mol. The number of likely N-dealkylation sites (tertiary alicyclic amines) is 1. The highest BCUT2D eigenvalue weighted by atomic mass is 32.2. The molecular formula is C11H22N2O3S. The summed E-state index contributed by atoms with van der Waals surface area (Å²) < 4.78 is 22.1. The van der Waals surface area contributed by atoms with Gasteiger partial charge in [0.15, 0.2) is 9.84 Å². The van der Waals surface area contributed by atoms with Crippen LogP contribution in [0.4, 0.5) is 0 Å². The van der Waals surface area contributed by atoms with Gasteiger partial charge in [0, 0.05) is 25.9 Å². The van der Waals surface area contributed by atoms with Gasteiger partial charge in [-0.2, -0.15) is 0 Å². The quantitative estimate of drug-likeness (QED) is 0.758. The minimum absolute atomic E-state index is 0.0619. The van der Waals surface area contributed by atoms with Gasteiger partial charge >= 0.3 is 0 Å². The van der Waals surface area contributed by atoms with E-state index in [4.69, 9.17) is 0 Å². The van der Waals surface area contributed by atoms with Crippen LogP contribution in [0.25, 0.3) is 0 Å². The molecule has 6 heteroatoms. The fraction of sp³-hybridized carbons (Fsp3) is 0.909. The summed E-state index contributed by atoms with van der Waals surface area (Å²) >= 11 is 0. The van der Waals surface area contributed by atoms with E-state index in [9.17, 15) is 13.2 Å². The zero-order valence-corrected chi connectivity index (χ0v) is 11.6. The molecule has 0 aromatic rings. The lowest BCUT2D eigenvalue weighted by Gasteiger charge is -2.23. The van der Waals surface area contributed by atoms with Crippen molar-refractivity contribution in [3.8, 4) is 0 Å². The Morgan fingerprint density at radius 1 is 1.29 bits per heavy atom. The van der Waals surface area contributed by atoms with E-state index in [2.05, 4.69) is 5.32 Å². The summed E-state index contributed by atoms with van der Waals surface area (Å²) in [6.45, 7) is 5.50. The van der Waals surface area contributed by atoms with Gasteiger partial charge in [-0.15, -0.1) is 0 Å². The summed E-state index contributed by atoms with van der Waals surface area (Å²) in [6.07, 6.45) is 3.36. The van der Waals surface area contributed by atoms with E-state index in [1.54, 1.807) is 13.8 Å². The Labute approximate surface area is 103 Å². The molecule has 1 aliphatic heterocycles. The predicted octanol–water partition coefficient (Wildman–Crippen LogP) is 0.0216. The maximum absolute atomic E-state index is 11.7. The number of hydrogen-bond donors (Lipinski definition) is 1. The van der Waals surface area contributed by atoms with Gasteiger partial charge < -0.3 is 10.2 Å². The van der Waals surface area contributed by atoms with Crippen molar-refractivity contribution in [1.82, 2.24) is 10.2 Å². The van der Waals surface area contributed by atoms with Gasteiger partial charge in [0.1, 0.15) is 0 Å². The second-order valence-electron chi connectivity index (χ2n) is 5.22. The number of nitrogens with zero attached hydrogens (tertiary/aromatic N) is 1. The Balaban J connectivity index is 2.35. The van der Waals surface area contributed by atoms with Crippen molar-refractivity contribution in [3.63, 3.8) is 0 Å². The SMILES string of the molecule is CC(C)(CNCC(=O)N1CCCC1)S(C)(=O)=O. The maximum atomic E-state index is 11.7. The first-order chi connectivity index (χ1) is 7.74. The molecule has 0 saturated carbocycles. The summed E-state index contributed by atoms with van der Waals surface area (Å²) in [5.41, 5.74) is 0. The van der Waals surface area contributed by atoms with Crippen LogP contribution in [0, 0.1) is 0 Å². The van der Waals surface area contributed by atoms with E-state index in [-0.39, 0.29) is 12.5 Å². The summed E-state index contributed by atoms with van der Waals surface area (Å²) in [4.78, 5) is 13.5. The van der Waals surface area contributed by atoms with Gasteiger partial charge in [-0.05, 0) is 26.7 Å². The molecule has 0 bridgehead atoms. The highest BCUT2D eigenvalue weighted by Gasteiger charge is 2.30. The average Bonchev–Trinajstić information content (AvgIpc) is 2.67. The standard InChI is InChI=1S/C11H22N2O3S/c1-11(2,17(3,15)16)9-12-8-10(14)13-6-4-5-7-13/h12H,4-9H2,1-3H3. The maximum Gasteiger partial charge on any atom is 0.236 e. The van der Waals surface area contributed by atoms with Gasteiger partial charge in [0.2, 0.25) is 5.91 Å². The number of rotatable bonds is 5. The molecule has 1 amide bonds. The minimum atomic E-state index is -3.11. The molecule has 1 saturated heterocycles. The smallest absolute Gasteiger partial charge is 0.236 e. The lowest BCUT2D eigenvalue weighted by Crippen LogP contribution is -2.45. The second kappa shape index (κ2) is 5.35. The van der Waals surface area contributed by atoms with Gasteiger partial charge in [-0.1, -0.05) is 0 Å². The first-order valence-electron chi connectivity index (χ1n) is 5.92. The Morgan fingerprint density at radius 3 is 2.29 bits per heavy atom. The Hall–Kier alpha value is -0.620. The lowest BCUT2D eigenvalue weighted by molar-refractivity contribution is -0.129. The third-order valence-corrected chi connectivity index (χ3v) is 5.44. The fourth-order valence-electron chi connectivity index (χ4n) is 1.68. The van der Waals surface area contributed by atoms with Crippen molar-refractivity contribution in [2.45, 2.75) is 31.4 Å². The molecule has 0 aliphatic carbocycles. The van der Waals surface area contributed by atoms with Crippen LogP contribution in [-0.2, 0) is 14.6 Å². The summed E-state index contributed by atoms with van der Waals surface area (Å²) in [7, 11) is -3.11. The zero-order valence-electron chi connectivity index (χ0n) is 10.8. The largest absolute Gasteiger partial charge is 0.342 e. The van der Waals surface area contributed by atoms with E-state index >= 15 is 0 Å². The van der Waals surface area contributed by atoms with Crippen molar-refractivity contribution in [1.29, 1.82) is 0 Å². The van der Waals surface area contributed by atoms with Crippen molar-refractivity contribution in [2.75, 3.05) is 32.4 Å². The molecule has 0 atom stereocenters. The third-order valence-electron chi connectivity index (χ3n) is 3.29. The molecule has 1 N–H and O–H groups in total.